The monoisotopic (exact) mass is 446 g/mol. The largest absolute Gasteiger partial charge is 0.507 e. The van der Waals surface area contributed by atoms with E-state index in [1.807, 2.05) is 0 Å². The van der Waals surface area contributed by atoms with Crippen molar-refractivity contribution in [2.24, 2.45) is 0 Å². The summed E-state index contributed by atoms with van der Waals surface area (Å²) in [7, 11) is 0. The number of hydrogen-bond donors (Lipinski definition) is 1. The van der Waals surface area contributed by atoms with Crippen molar-refractivity contribution < 1.29 is 19.4 Å². The molecule has 1 saturated heterocycles. The quantitative estimate of drug-likeness (QED) is 0.251. The molecule has 0 aliphatic carbocycles. The Balaban J connectivity index is 1.85. The van der Waals surface area contributed by atoms with Crippen LogP contribution in [0.5, 0.6) is 5.75 Å². The highest BCUT2D eigenvalue weighted by molar-refractivity contribution is 6.51. The number of Topliss-reactive ketones (excluding diaryl/α,β-unsaturated/α-hetero) is 1. The molecule has 0 bridgehead atoms. The van der Waals surface area contributed by atoms with Crippen LogP contribution in [0.4, 0.5) is 5.82 Å². The highest BCUT2D eigenvalue weighted by Gasteiger charge is 2.47. The van der Waals surface area contributed by atoms with E-state index in [2.05, 4.69) is 11.6 Å². The van der Waals surface area contributed by atoms with Crippen molar-refractivity contribution in [3.63, 3.8) is 0 Å². The van der Waals surface area contributed by atoms with Crippen LogP contribution in [0.25, 0.3) is 5.76 Å². The van der Waals surface area contributed by atoms with Gasteiger partial charge in [-0.15, -0.1) is 0 Å². The number of ketones is 1. The van der Waals surface area contributed by atoms with Gasteiger partial charge in [-0.25, -0.2) is 4.98 Å². The lowest BCUT2D eigenvalue weighted by Gasteiger charge is -2.24. The van der Waals surface area contributed by atoms with Gasteiger partial charge in [0.05, 0.1) is 11.6 Å². The number of aliphatic hydroxyl groups excluding tert-OH is 1. The third-order valence-electron chi connectivity index (χ3n) is 5.00. The van der Waals surface area contributed by atoms with Crippen LogP contribution in [0.15, 0.2) is 91.2 Å². The Morgan fingerprint density at radius 3 is 2.56 bits per heavy atom. The van der Waals surface area contributed by atoms with Gasteiger partial charge in [0, 0.05) is 16.8 Å². The molecular weight excluding hydrogens is 428 g/mol. The zero-order valence-electron chi connectivity index (χ0n) is 16.9. The number of rotatable bonds is 6. The molecule has 6 nitrogen and oxygen atoms in total. The average molecular weight is 447 g/mol. The molecule has 4 rings (SSSR count). The lowest BCUT2D eigenvalue weighted by molar-refractivity contribution is -0.132. The molecule has 3 aromatic rings. The highest BCUT2D eigenvalue weighted by Crippen LogP contribution is 2.42. The number of anilines is 1. The smallest absolute Gasteiger partial charge is 0.301 e. The Bertz CT molecular complexity index is 1210. The molecule has 1 aromatic heterocycles. The van der Waals surface area contributed by atoms with Crippen molar-refractivity contribution >= 4 is 34.9 Å². The van der Waals surface area contributed by atoms with E-state index in [1.54, 1.807) is 72.8 Å². The summed E-state index contributed by atoms with van der Waals surface area (Å²) in [6.45, 7) is 3.95. The predicted molar refractivity (Wildman–Crippen MR) is 123 cm³/mol. The van der Waals surface area contributed by atoms with Crippen molar-refractivity contribution in [1.82, 2.24) is 4.98 Å². The number of nitrogens with zero attached hydrogens (tertiary/aromatic N) is 2. The molecule has 2 aromatic carbocycles. The van der Waals surface area contributed by atoms with Crippen LogP contribution >= 0.6 is 11.6 Å². The molecular formula is C25H19ClN2O4. The Morgan fingerprint density at radius 2 is 1.91 bits per heavy atom. The molecule has 7 heteroatoms. The zero-order chi connectivity index (χ0) is 22.7. The number of hydrogen-bond acceptors (Lipinski definition) is 5. The molecule has 1 fully saturated rings. The van der Waals surface area contributed by atoms with Gasteiger partial charge in [0.2, 0.25) is 0 Å². The number of carbonyl (C=O) groups excluding carboxylic acids is 2. The molecule has 1 N–H and O–H groups in total. The maximum absolute atomic E-state index is 13.1. The molecule has 1 aliphatic heterocycles. The Labute approximate surface area is 190 Å². The van der Waals surface area contributed by atoms with E-state index in [4.69, 9.17) is 16.3 Å². The van der Waals surface area contributed by atoms with Gasteiger partial charge >= 0.3 is 5.91 Å². The first-order valence-electron chi connectivity index (χ1n) is 9.83. The summed E-state index contributed by atoms with van der Waals surface area (Å²) in [5.41, 5.74) is 0.916. The van der Waals surface area contributed by atoms with Crippen LogP contribution in [0.1, 0.15) is 17.2 Å². The average Bonchev–Trinajstić information content (AvgIpc) is 3.08. The van der Waals surface area contributed by atoms with Gasteiger partial charge in [0.15, 0.2) is 0 Å². The Hall–Kier alpha value is -3.90. The second-order valence-corrected chi connectivity index (χ2v) is 7.47. The van der Waals surface area contributed by atoms with Gasteiger partial charge in [0.25, 0.3) is 5.78 Å². The minimum Gasteiger partial charge on any atom is -0.507 e. The van der Waals surface area contributed by atoms with Crippen LogP contribution in [0, 0.1) is 0 Å². The Kier molecular flexibility index (Phi) is 6.05. The van der Waals surface area contributed by atoms with E-state index >= 15 is 0 Å². The Morgan fingerprint density at radius 1 is 1.12 bits per heavy atom. The van der Waals surface area contributed by atoms with Gasteiger partial charge in [-0.1, -0.05) is 42.5 Å². The van der Waals surface area contributed by atoms with Crippen LogP contribution in [0.2, 0.25) is 5.02 Å². The first-order chi connectivity index (χ1) is 15.5. The molecule has 1 atom stereocenters. The summed E-state index contributed by atoms with van der Waals surface area (Å²) in [4.78, 5) is 31.6. The molecule has 32 heavy (non-hydrogen) atoms. The summed E-state index contributed by atoms with van der Waals surface area (Å²) < 4.78 is 5.46. The highest BCUT2D eigenvalue weighted by atomic mass is 35.5. The lowest BCUT2D eigenvalue weighted by Crippen LogP contribution is -2.30. The predicted octanol–water partition coefficient (Wildman–Crippen LogP) is 4.93. The fourth-order valence-electron chi connectivity index (χ4n) is 3.58. The van der Waals surface area contributed by atoms with Crippen LogP contribution in [-0.4, -0.2) is 28.4 Å². The molecule has 0 radical (unpaired) electrons. The van der Waals surface area contributed by atoms with Crippen molar-refractivity contribution in [2.45, 2.75) is 6.04 Å². The van der Waals surface area contributed by atoms with E-state index < -0.39 is 17.7 Å². The summed E-state index contributed by atoms with van der Waals surface area (Å²) in [5, 5.41) is 11.6. The number of amides is 1. The van der Waals surface area contributed by atoms with E-state index in [9.17, 15) is 14.7 Å². The molecule has 160 valence electrons. The van der Waals surface area contributed by atoms with Crippen molar-refractivity contribution in [2.75, 3.05) is 11.5 Å². The van der Waals surface area contributed by atoms with E-state index in [1.165, 1.54) is 11.1 Å². The first-order valence-corrected chi connectivity index (χ1v) is 10.2. The number of halogens is 1. The lowest BCUT2D eigenvalue weighted by atomic mass is 9.95. The SMILES string of the molecule is C=CCOc1ccc(/C(O)=C2\C(=O)C(=O)N(c3ccccn3)C2c2cccc(Cl)c2)cc1. The number of carbonyl (C=O) groups is 2. The number of aliphatic hydroxyl groups is 1. The minimum atomic E-state index is -0.889. The number of aromatic nitrogens is 1. The first kappa shape index (κ1) is 21.3. The van der Waals surface area contributed by atoms with Gasteiger partial charge < -0.3 is 9.84 Å². The molecule has 0 spiro atoms. The molecule has 1 amide bonds. The second-order valence-electron chi connectivity index (χ2n) is 7.04. The fraction of sp³-hybridized carbons (Fsp3) is 0.0800. The maximum Gasteiger partial charge on any atom is 0.301 e. The molecule has 1 aliphatic rings. The summed E-state index contributed by atoms with van der Waals surface area (Å²) >= 11 is 6.19. The van der Waals surface area contributed by atoms with Crippen LogP contribution in [0.3, 0.4) is 0 Å². The van der Waals surface area contributed by atoms with Crippen LogP contribution < -0.4 is 9.64 Å². The zero-order valence-corrected chi connectivity index (χ0v) is 17.7. The van der Waals surface area contributed by atoms with Gasteiger partial charge in [-0.3, -0.25) is 14.5 Å². The fourth-order valence-corrected chi connectivity index (χ4v) is 3.78. The molecule has 2 heterocycles. The topological polar surface area (TPSA) is 79.7 Å². The molecule has 1 unspecified atom stereocenters. The summed E-state index contributed by atoms with van der Waals surface area (Å²) in [6.07, 6.45) is 3.16. The number of benzene rings is 2. The van der Waals surface area contributed by atoms with Crippen molar-refractivity contribution in [3.8, 4) is 5.75 Å². The van der Waals surface area contributed by atoms with E-state index in [0.29, 0.717) is 34.3 Å². The summed E-state index contributed by atoms with van der Waals surface area (Å²) in [6, 6.07) is 17.6. The van der Waals surface area contributed by atoms with Gasteiger partial charge in [0.1, 0.15) is 23.9 Å². The van der Waals surface area contributed by atoms with E-state index in [0.717, 1.165) is 0 Å². The maximum atomic E-state index is 13.1. The third kappa shape index (κ3) is 4.00. The molecule has 0 saturated carbocycles. The second kappa shape index (κ2) is 9.08. The van der Waals surface area contributed by atoms with E-state index in [-0.39, 0.29) is 11.3 Å². The van der Waals surface area contributed by atoms with Crippen molar-refractivity contribution in [3.05, 3.63) is 107 Å². The van der Waals surface area contributed by atoms with Crippen LogP contribution in [-0.2, 0) is 9.59 Å². The minimum absolute atomic E-state index is 0.0392. The van der Waals surface area contributed by atoms with Gasteiger partial charge in [-0.05, 0) is 54.1 Å². The van der Waals surface area contributed by atoms with Gasteiger partial charge in [-0.2, -0.15) is 0 Å². The van der Waals surface area contributed by atoms with Crippen molar-refractivity contribution in [1.29, 1.82) is 0 Å². The normalized spacial score (nSPS) is 17.4. The number of ether oxygens (including phenoxy) is 1. The standard InChI is InChI=1S/C25H19ClN2O4/c1-2-14-32-19-11-9-16(10-12-19)23(29)21-22(17-6-5-7-18(26)15-17)28(25(31)24(21)30)20-8-3-4-13-27-20/h2-13,15,22,29H,1,14H2/b23-21+. The third-order valence-corrected chi connectivity index (χ3v) is 5.24. The summed E-state index contributed by atoms with van der Waals surface area (Å²) in [5.74, 6) is -0.984. The number of pyridine rings is 1.